The Morgan fingerprint density at radius 2 is 1.92 bits per heavy atom. The third-order valence-electron chi connectivity index (χ3n) is 4.63. The van der Waals surface area contributed by atoms with Crippen LogP contribution in [0, 0.1) is 0 Å². The van der Waals surface area contributed by atoms with E-state index < -0.39 is 10.0 Å². The Morgan fingerprint density at radius 1 is 1.23 bits per heavy atom. The lowest BCUT2D eigenvalue weighted by atomic mass is 9.98. The zero-order valence-corrected chi connectivity index (χ0v) is 16.0. The predicted octanol–water partition coefficient (Wildman–Crippen LogP) is 2.96. The summed E-state index contributed by atoms with van der Waals surface area (Å²) in [5.41, 5.74) is 0.396. The molecule has 0 radical (unpaired) electrons. The van der Waals surface area contributed by atoms with Gasteiger partial charge in [0.2, 0.25) is 21.8 Å². The van der Waals surface area contributed by atoms with Crippen LogP contribution in [0.1, 0.15) is 67.6 Å². The molecule has 1 aromatic heterocycles. The number of nitrogens with zero attached hydrogens (tertiary/aromatic N) is 3. The van der Waals surface area contributed by atoms with E-state index >= 15 is 0 Å². The van der Waals surface area contributed by atoms with Gasteiger partial charge in [-0.3, -0.25) is 4.79 Å². The predicted molar refractivity (Wildman–Crippen MR) is 95.6 cm³/mol. The molecular formula is C18H23N3O4S. The highest BCUT2D eigenvalue weighted by Gasteiger charge is 2.32. The van der Waals surface area contributed by atoms with E-state index in [1.54, 1.807) is 12.1 Å². The summed E-state index contributed by atoms with van der Waals surface area (Å²) >= 11 is 0. The standard InChI is InChI=1S/C18H23N3O4S/c1-12(2)17-19-20-18(25-17)14-7-9-21(10-8-14)26(23,24)16-6-4-5-15(11-16)13(3)22/h4-6,11-12,14H,7-10H2,1-3H3. The monoisotopic (exact) mass is 377 g/mol. The van der Waals surface area contributed by atoms with Gasteiger partial charge in [-0.1, -0.05) is 26.0 Å². The molecule has 7 nitrogen and oxygen atoms in total. The largest absolute Gasteiger partial charge is 0.425 e. The fraction of sp³-hybridized carbons (Fsp3) is 0.500. The van der Waals surface area contributed by atoms with Crippen molar-refractivity contribution in [3.63, 3.8) is 0 Å². The third kappa shape index (κ3) is 3.71. The maximum absolute atomic E-state index is 12.9. The zero-order chi connectivity index (χ0) is 18.9. The van der Waals surface area contributed by atoms with Crippen molar-refractivity contribution in [2.24, 2.45) is 0 Å². The molecule has 8 heteroatoms. The molecule has 1 fully saturated rings. The third-order valence-corrected chi connectivity index (χ3v) is 6.53. The van der Waals surface area contributed by atoms with Crippen molar-refractivity contribution in [2.75, 3.05) is 13.1 Å². The molecule has 2 heterocycles. The minimum absolute atomic E-state index is 0.0741. The minimum Gasteiger partial charge on any atom is -0.425 e. The topological polar surface area (TPSA) is 93.4 Å². The maximum atomic E-state index is 12.9. The van der Waals surface area contributed by atoms with Crippen molar-refractivity contribution in [2.45, 2.75) is 50.3 Å². The molecule has 0 amide bonds. The van der Waals surface area contributed by atoms with Gasteiger partial charge < -0.3 is 4.42 Å². The van der Waals surface area contributed by atoms with Crippen molar-refractivity contribution in [1.29, 1.82) is 0 Å². The molecule has 1 aromatic carbocycles. The molecule has 140 valence electrons. The summed E-state index contributed by atoms with van der Waals surface area (Å²) in [6.45, 7) is 6.17. The number of Topliss-reactive ketones (excluding diaryl/α,β-unsaturated/α-hetero) is 1. The molecule has 2 aromatic rings. The number of rotatable bonds is 5. The first-order valence-electron chi connectivity index (χ1n) is 8.73. The number of sulfonamides is 1. The highest BCUT2D eigenvalue weighted by atomic mass is 32.2. The summed E-state index contributed by atoms with van der Waals surface area (Å²) in [5.74, 6) is 1.29. The van der Waals surface area contributed by atoms with Crippen LogP contribution in [0.5, 0.6) is 0 Å². The fourth-order valence-electron chi connectivity index (χ4n) is 3.01. The van der Waals surface area contributed by atoms with Gasteiger partial charge in [0.15, 0.2) is 5.78 Å². The normalized spacial score (nSPS) is 16.9. The second-order valence-electron chi connectivity index (χ2n) is 6.90. The van der Waals surface area contributed by atoms with Crippen LogP contribution in [0.15, 0.2) is 33.6 Å². The van der Waals surface area contributed by atoms with Crippen LogP contribution in [0.3, 0.4) is 0 Å². The van der Waals surface area contributed by atoms with Crippen LogP contribution in [0.25, 0.3) is 0 Å². The molecule has 0 unspecified atom stereocenters. The molecule has 26 heavy (non-hydrogen) atoms. The zero-order valence-electron chi connectivity index (χ0n) is 15.2. The first-order chi connectivity index (χ1) is 12.3. The lowest BCUT2D eigenvalue weighted by molar-refractivity contribution is 0.101. The molecule has 0 spiro atoms. The van der Waals surface area contributed by atoms with Gasteiger partial charge in [0.05, 0.1) is 4.90 Å². The smallest absolute Gasteiger partial charge is 0.243 e. The Balaban J connectivity index is 1.72. The molecule has 1 aliphatic heterocycles. The number of carbonyl (C=O) groups is 1. The van der Waals surface area contributed by atoms with E-state index in [-0.39, 0.29) is 22.5 Å². The number of benzene rings is 1. The Labute approximate surface area is 153 Å². The summed E-state index contributed by atoms with van der Waals surface area (Å²) < 4.78 is 32.9. The van der Waals surface area contributed by atoms with E-state index in [0.29, 0.717) is 43.3 Å². The van der Waals surface area contributed by atoms with Crippen molar-refractivity contribution in [1.82, 2.24) is 14.5 Å². The van der Waals surface area contributed by atoms with Crippen molar-refractivity contribution < 1.29 is 17.6 Å². The minimum atomic E-state index is -3.62. The van der Waals surface area contributed by atoms with Gasteiger partial charge in [0, 0.05) is 30.5 Å². The number of carbonyl (C=O) groups excluding carboxylic acids is 1. The Bertz CT molecular complexity index is 897. The number of hydrogen-bond donors (Lipinski definition) is 0. The highest BCUT2D eigenvalue weighted by molar-refractivity contribution is 7.89. The molecule has 0 N–H and O–H groups in total. The van der Waals surface area contributed by atoms with Gasteiger partial charge in [-0.2, -0.15) is 4.31 Å². The molecule has 0 bridgehead atoms. The van der Waals surface area contributed by atoms with E-state index in [2.05, 4.69) is 10.2 Å². The van der Waals surface area contributed by atoms with Gasteiger partial charge in [-0.05, 0) is 31.9 Å². The van der Waals surface area contributed by atoms with Crippen LogP contribution in [0.4, 0.5) is 0 Å². The molecule has 0 aliphatic carbocycles. The lowest BCUT2D eigenvalue weighted by Crippen LogP contribution is -2.38. The van der Waals surface area contributed by atoms with Crippen LogP contribution in [-0.2, 0) is 10.0 Å². The second-order valence-corrected chi connectivity index (χ2v) is 8.83. The van der Waals surface area contributed by atoms with Crippen molar-refractivity contribution in [3.05, 3.63) is 41.6 Å². The lowest BCUT2D eigenvalue weighted by Gasteiger charge is -2.29. The Hall–Kier alpha value is -2.06. The van der Waals surface area contributed by atoms with Crippen LogP contribution in [0.2, 0.25) is 0 Å². The molecular weight excluding hydrogens is 354 g/mol. The fourth-order valence-corrected chi connectivity index (χ4v) is 4.53. The summed E-state index contributed by atoms with van der Waals surface area (Å²) in [6, 6.07) is 6.19. The van der Waals surface area contributed by atoms with Gasteiger partial charge in [0.25, 0.3) is 0 Å². The number of aromatic nitrogens is 2. The first-order valence-corrected chi connectivity index (χ1v) is 10.2. The van der Waals surface area contributed by atoms with E-state index in [1.807, 2.05) is 13.8 Å². The Morgan fingerprint density at radius 3 is 2.50 bits per heavy atom. The van der Waals surface area contributed by atoms with Crippen LogP contribution >= 0.6 is 0 Å². The summed E-state index contributed by atoms with van der Waals surface area (Å²) in [6.07, 6.45) is 1.26. The highest BCUT2D eigenvalue weighted by Crippen LogP contribution is 2.31. The molecule has 0 saturated carbocycles. The molecule has 0 atom stereocenters. The van der Waals surface area contributed by atoms with Gasteiger partial charge in [-0.25, -0.2) is 8.42 Å². The summed E-state index contributed by atoms with van der Waals surface area (Å²) in [5, 5.41) is 8.17. The second kappa shape index (κ2) is 7.28. The van der Waals surface area contributed by atoms with E-state index in [4.69, 9.17) is 4.42 Å². The van der Waals surface area contributed by atoms with E-state index in [9.17, 15) is 13.2 Å². The van der Waals surface area contributed by atoms with Gasteiger partial charge in [0.1, 0.15) is 0 Å². The summed E-state index contributed by atoms with van der Waals surface area (Å²) in [4.78, 5) is 11.7. The Kier molecular flexibility index (Phi) is 5.24. The molecule has 3 rings (SSSR count). The van der Waals surface area contributed by atoms with Crippen molar-refractivity contribution in [3.8, 4) is 0 Å². The van der Waals surface area contributed by atoms with Crippen molar-refractivity contribution >= 4 is 15.8 Å². The average molecular weight is 377 g/mol. The van der Waals surface area contributed by atoms with Gasteiger partial charge in [-0.15, -0.1) is 10.2 Å². The van der Waals surface area contributed by atoms with E-state index in [1.165, 1.54) is 23.4 Å². The first kappa shape index (κ1) is 18.7. The van der Waals surface area contributed by atoms with Crippen LogP contribution in [-0.4, -0.2) is 41.8 Å². The quantitative estimate of drug-likeness (QED) is 0.744. The molecule has 1 saturated heterocycles. The van der Waals surface area contributed by atoms with Crippen LogP contribution < -0.4 is 0 Å². The number of piperidine rings is 1. The average Bonchev–Trinajstić information content (AvgIpc) is 3.12. The molecule has 1 aliphatic rings. The summed E-state index contributed by atoms with van der Waals surface area (Å²) in [7, 11) is -3.62. The maximum Gasteiger partial charge on any atom is 0.243 e. The SMILES string of the molecule is CC(=O)c1cccc(S(=O)(=O)N2CCC(c3nnc(C(C)C)o3)CC2)c1. The van der Waals surface area contributed by atoms with E-state index in [0.717, 1.165) is 0 Å². The number of ketones is 1. The van der Waals surface area contributed by atoms with Gasteiger partial charge >= 0.3 is 0 Å². The number of hydrogen-bond acceptors (Lipinski definition) is 6.